The van der Waals surface area contributed by atoms with Crippen molar-refractivity contribution in [3.63, 3.8) is 0 Å². The molecule has 0 bridgehead atoms. The zero-order valence-corrected chi connectivity index (χ0v) is 17.8. The van der Waals surface area contributed by atoms with Gasteiger partial charge in [0.15, 0.2) is 0 Å². The van der Waals surface area contributed by atoms with Crippen LogP contribution in [0.4, 0.5) is 5.69 Å². The SMILES string of the molecule is CC1(Cc2cccc(C#N)c2)C=CC(=Nc2ccc(Cl)c(Cl)c2)CCCCC1=O. The van der Waals surface area contributed by atoms with Gasteiger partial charge in [-0.2, -0.15) is 5.26 Å². The number of Topliss-reactive ketones (excluding diaryl/α,β-unsaturated/α-hetero) is 1. The summed E-state index contributed by atoms with van der Waals surface area (Å²) in [6.45, 7) is 1.97. The molecule has 0 saturated heterocycles. The first-order valence-electron chi connectivity index (χ1n) is 9.64. The second-order valence-corrected chi connectivity index (χ2v) is 8.39. The Morgan fingerprint density at radius 3 is 2.66 bits per heavy atom. The maximum absolute atomic E-state index is 13.0. The molecule has 0 spiro atoms. The summed E-state index contributed by atoms with van der Waals surface area (Å²) in [5.74, 6) is 0.215. The van der Waals surface area contributed by atoms with Crippen molar-refractivity contribution in [2.75, 3.05) is 0 Å². The maximum atomic E-state index is 13.0. The predicted octanol–water partition coefficient (Wildman–Crippen LogP) is 6.89. The summed E-state index contributed by atoms with van der Waals surface area (Å²) in [5, 5.41) is 10.1. The second kappa shape index (κ2) is 9.39. The van der Waals surface area contributed by atoms with Crippen molar-refractivity contribution >= 4 is 40.4 Å². The van der Waals surface area contributed by atoms with Gasteiger partial charge >= 0.3 is 0 Å². The smallest absolute Gasteiger partial charge is 0.142 e. The maximum Gasteiger partial charge on any atom is 0.142 e. The minimum Gasteiger partial charge on any atom is -0.299 e. The number of halogens is 2. The van der Waals surface area contributed by atoms with Crippen molar-refractivity contribution in [1.82, 2.24) is 0 Å². The minimum atomic E-state index is -0.642. The summed E-state index contributed by atoms with van der Waals surface area (Å²) in [6.07, 6.45) is 7.54. The molecule has 0 radical (unpaired) electrons. The number of aliphatic imine (C=N–C) groups is 1. The van der Waals surface area contributed by atoms with Gasteiger partial charge in [-0.15, -0.1) is 0 Å². The summed E-state index contributed by atoms with van der Waals surface area (Å²) < 4.78 is 0. The van der Waals surface area contributed by atoms with Crippen LogP contribution in [-0.4, -0.2) is 11.5 Å². The molecule has 0 saturated carbocycles. The number of allylic oxidation sites excluding steroid dienone is 2. The zero-order chi connectivity index (χ0) is 20.9. The fraction of sp³-hybridized carbons (Fsp3) is 0.292. The molecule has 29 heavy (non-hydrogen) atoms. The standard InChI is InChI=1S/C24H22Cl2N2O/c1-24(15-17-5-4-6-18(13-17)16-27)12-11-19(7-2-3-8-23(24)29)28-20-9-10-21(25)22(26)14-20/h4-6,9-14H,2-3,7-8,15H2,1H3. The fourth-order valence-corrected chi connectivity index (χ4v) is 3.77. The van der Waals surface area contributed by atoms with E-state index in [4.69, 9.17) is 33.5 Å². The molecule has 0 aromatic heterocycles. The summed E-state index contributed by atoms with van der Waals surface area (Å²) in [7, 11) is 0. The van der Waals surface area contributed by atoms with Gasteiger partial charge in [-0.25, -0.2) is 0 Å². The normalized spacial score (nSPS) is 21.3. The minimum absolute atomic E-state index is 0.215. The first kappa shape index (κ1) is 21.3. The molecule has 0 heterocycles. The van der Waals surface area contributed by atoms with Crippen molar-refractivity contribution in [1.29, 1.82) is 5.26 Å². The number of rotatable bonds is 3. The summed E-state index contributed by atoms with van der Waals surface area (Å²) in [4.78, 5) is 17.7. The summed E-state index contributed by atoms with van der Waals surface area (Å²) in [5.41, 5.74) is 2.60. The Hall–Kier alpha value is -2.41. The number of nitriles is 1. The average molecular weight is 425 g/mol. The number of hydrogen-bond acceptors (Lipinski definition) is 3. The second-order valence-electron chi connectivity index (χ2n) is 7.57. The quantitative estimate of drug-likeness (QED) is 0.538. The van der Waals surface area contributed by atoms with E-state index >= 15 is 0 Å². The van der Waals surface area contributed by atoms with Gasteiger partial charge in [0.05, 0.1) is 27.4 Å². The molecule has 1 atom stereocenters. The molecule has 2 aromatic rings. The molecule has 5 heteroatoms. The Morgan fingerprint density at radius 2 is 1.90 bits per heavy atom. The number of hydrogen-bond donors (Lipinski definition) is 0. The van der Waals surface area contributed by atoms with Crippen molar-refractivity contribution < 1.29 is 4.79 Å². The van der Waals surface area contributed by atoms with E-state index in [1.807, 2.05) is 43.3 Å². The van der Waals surface area contributed by atoms with Gasteiger partial charge in [0.1, 0.15) is 5.78 Å². The third-order valence-electron chi connectivity index (χ3n) is 5.17. The highest BCUT2D eigenvalue weighted by Crippen LogP contribution is 2.31. The van der Waals surface area contributed by atoms with Crippen LogP contribution in [-0.2, 0) is 11.2 Å². The Labute approximate surface area is 181 Å². The molecular formula is C24H22Cl2N2O. The van der Waals surface area contributed by atoms with Gasteiger partial charge in [0.2, 0.25) is 0 Å². The average Bonchev–Trinajstić information content (AvgIpc) is 2.77. The number of ketones is 1. The number of carbonyl (C=O) groups is 1. The molecule has 2 aromatic carbocycles. The highest BCUT2D eigenvalue weighted by Gasteiger charge is 2.30. The van der Waals surface area contributed by atoms with Crippen molar-refractivity contribution in [2.45, 2.75) is 39.0 Å². The van der Waals surface area contributed by atoms with E-state index in [2.05, 4.69) is 6.07 Å². The molecule has 1 unspecified atom stereocenters. The molecule has 148 valence electrons. The molecule has 0 fully saturated rings. The Kier molecular flexibility index (Phi) is 6.90. The van der Waals surface area contributed by atoms with E-state index in [0.717, 1.165) is 36.2 Å². The van der Waals surface area contributed by atoms with Crippen LogP contribution in [0, 0.1) is 16.7 Å². The highest BCUT2D eigenvalue weighted by atomic mass is 35.5. The van der Waals surface area contributed by atoms with Gasteiger partial charge in [-0.3, -0.25) is 9.79 Å². The van der Waals surface area contributed by atoms with Crippen LogP contribution in [0.25, 0.3) is 0 Å². The first-order chi connectivity index (χ1) is 13.9. The highest BCUT2D eigenvalue weighted by molar-refractivity contribution is 6.42. The number of benzene rings is 2. The molecule has 0 aliphatic heterocycles. The van der Waals surface area contributed by atoms with Gasteiger partial charge in [-0.05, 0) is 74.6 Å². The molecule has 3 nitrogen and oxygen atoms in total. The molecule has 0 N–H and O–H groups in total. The molecule has 3 rings (SSSR count). The van der Waals surface area contributed by atoms with Gasteiger partial charge in [0.25, 0.3) is 0 Å². The topological polar surface area (TPSA) is 53.2 Å². The van der Waals surface area contributed by atoms with Crippen LogP contribution < -0.4 is 0 Å². The number of carbonyl (C=O) groups excluding carboxylic acids is 1. The van der Waals surface area contributed by atoms with E-state index in [0.29, 0.717) is 28.5 Å². The van der Waals surface area contributed by atoms with Crippen molar-refractivity contribution in [2.24, 2.45) is 10.4 Å². The van der Waals surface area contributed by atoms with Gasteiger partial charge in [-0.1, -0.05) is 41.4 Å². The van der Waals surface area contributed by atoms with Gasteiger partial charge < -0.3 is 0 Å². The Bertz CT molecular complexity index is 1020. The van der Waals surface area contributed by atoms with Crippen LogP contribution >= 0.6 is 23.2 Å². The van der Waals surface area contributed by atoms with E-state index in [-0.39, 0.29) is 5.78 Å². The van der Waals surface area contributed by atoms with Crippen LogP contribution in [0.5, 0.6) is 0 Å². The van der Waals surface area contributed by atoms with Crippen molar-refractivity contribution in [3.05, 3.63) is 75.8 Å². The summed E-state index contributed by atoms with van der Waals surface area (Å²) in [6, 6.07) is 14.9. The van der Waals surface area contributed by atoms with Gasteiger partial charge in [0, 0.05) is 17.5 Å². The Balaban J connectivity index is 1.91. The lowest BCUT2D eigenvalue weighted by Crippen LogP contribution is -2.28. The lowest BCUT2D eigenvalue weighted by atomic mass is 9.77. The largest absolute Gasteiger partial charge is 0.299 e. The lowest BCUT2D eigenvalue weighted by molar-refractivity contribution is -0.125. The lowest BCUT2D eigenvalue weighted by Gasteiger charge is -2.24. The first-order valence-corrected chi connectivity index (χ1v) is 10.4. The molecular weight excluding hydrogens is 403 g/mol. The van der Waals surface area contributed by atoms with Crippen LogP contribution in [0.2, 0.25) is 10.0 Å². The zero-order valence-electron chi connectivity index (χ0n) is 16.3. The molecule has 1 aliphatic carbocycles. The number of nitrogens with zero attached hydrogens (tertiary/aromatic N) is 2. The van der Waals surface area contributed by atoms with Crippen LogP contribution in [0.3, 0.4) is 0 Å². The van der Waals surface area contributed by atoms with E-state index in [1.165, 1.54) is 0 Å². The Morgan fingerprint density at radius 1 is 1.10 bits per heavy atom. The fourth-order valence-electron chi connectivity index (χ4n) is 3.48. The van der Waals surface area contributed by atoms with Crippen molar-refractivity contribution in [3.8, 4) is 6.07 Å². The molecule has 1 aliphatic rings. The van der Waals surface area contributed by atoms with E-state index < -0.39 is 5.41 Å². The summed E-state index contributed by atoms with van der Waals surface area (Å²) >= 11 is 12.1. The van der Waals surface area contributed by atoms with Crippen LogP contribution in [0.1, 0.15) is 43.7 Å². The third-order valence-corrected chi connectivity index (χ3v) is 5.91. The third kappa shape index (κ3) is 5.56. The van der Waals surface area contributed by atoms with E-state index in [9.17, 15) is 4.79 Å². The monoisotopic (exact) mass is 424 g/mol. The van der Waals surface area contributed by atoms with E-state index in [1.54, 1.807) is 18.2 Å². The van der Waals surface area contributed by atoms with Crippen LogP contribution in [0.15, 0.2) is 59.6 Å². The molecule has 0 amide bonds. The predicted molar refractivity (Wildman–Crippen MR) is 119 cm³/mol.